The van der Waals surface area contributed by atoms with Gasteiger partial charge in [0.05, 0.1) is 23.7 Å². The Bertz CT molecular complexity index is 1120. The number of carbonyl (C=O) groups is 1. The van der Waals surface area contributed by atoms with Crippen LogP contribution < -0.4 is 0 Å². The average molecular weight is 390 g/mol. The van der Waals surface area contributed by atoms with Crippen LogP contribution >= 0.6 is 0 Å². The highest BCUT2D eigenvalue weighted by Crippen LogP contribution is 2.29. The van der Waals surface area contributed by atoms with E-state index in [4.69, 9.17) is 0 Å². The number of nitriles is 1. The number of amides is 1. The van der Waals surface area contributed by atoms with Gasteiger partial charge in [-0.1, -0.05) is 32.0 Å². The van der Waals surface area contributed by atoms with Gasteiger partial charge < -0.3 is 14.0 Å². The van der Waals surface area contributed by atoms with Gasteiger partial charge in [-0.25, -0.2) is 0 Å². The maximum absolute atomic E-state index is 13.3. The number of fused-ring (bicyclic) bond motifs is 2. The Labute approximate surface area is 170 Å². The fraction of sp³-hybridized carbons (Fsp3) is 0.455. The summed E-state index contributed by atoms with van der Waals surface area (Å²) in [6.07, 6.45) is 0.972. The maximum Gasteiger partial charge on any atom is 0.243 e. The van der Waals surface area contributed by atoms with Crippen molar-refractivity contribution in [2.75, 3.05) is 6.54 Å². The minimum absolute atomic E-state index is 0.0407. The van der Waals surface area contributed by atoms with Crippen molar-refractivity contribution in [1.82, 2.24) is 24.2 Å². The topological polar surface area (TPSA) is 79.7 Å². The first-order valence-electron chi connectivity index (χ1n) is 10.1. The molecule has 0 bridgehead atoms. The molecule has 1 amide bonds. The zero-order valence-corrected chi connectivity index (χ0v) is 17.4. The van der Waals surface area contributed by atoms with E-state index >= 15 is 0 Å². The van der Waals surface area contributed by atoms with Gasteiger partial charge in [0.25, 0.3) is 0 Å². The van der Waals surface area contributed by atoms with Gasteiger partial charge in [0.15, 0.2) is 5.82 Å². The van der Waals surface area contributed by atoms with Crippen molar-refractivity contribution in [2.24, 2.45) is 5.92 Å². The molecule has 0 unspecified atom stereocenters. The van der Waals surface area contributed by atoms with E-state index in [1.807, 2.05) is 47.6 Å². The molecule has 3 heterocycles. The molecule has 1 atom stereocenters. The number of hydrogen-bond acceptors (Lipinski definition) is 4. The Balaban J connectivity index is 1.64. The monoisotopic (exact) mass is 390 g/mol. The van der Waals surface area contributed by atoms with Crippen LogP contribution in [-0.4, -0.2) is 36.7 Å². The Kier molecular flexibility index (Phi) is 4.87. The minimum atomic E-state index is 0.0407. The number of benzene rings is 1. The Morgan fingerprint density at radius 3 is 2.76 bits per heavy atom. The quantitative estimate of drug-likeness (QED) is 0.684. The number of aryl methyl sites for hydroxylation is 1. The molecular weight excluding hydrogens is 364 g/mol. The molecule has 0 saturated carbocycles. The molecule has 0 N–H and O–H groups in total. The van der Waals surface area contributed by atoms with E-state index in [0.29, 0.717) is 24.6 Å². The highest BCUT2D eigenvalue weighted by molar-refractivity contribution is 5.89. The number of rotatable bonds is 4. The van der Waals surface area contributed by atoms with Crippen molar-refractivity contribution >= 4 is 16.8 Å². The molecule has 0 saturated heterocycles. The average Bonchev–Trinajstić information content (AvgIpc) is 3.19. The molecule has 0 spiro atoms. The second kappa shape index (κ2) is 7.36. The number of hydrogen-bond donors (Lipinski definition) is 0. The maximum atomic E-state index is 13.3. The predicted octanol–water partition coefficient (Wildman–Crippen LogP) is 3.35. The lowest BCUT2D eigenvalue weighted by Crippen LogP contribution is -2.43. The molecule has 29 heavy (non-hydrogen) atoms. The van der Waals surface area contributed by atoms with E-state index < -0.39 is 0 Å². The summed E-state index contributed by atoms with van der Waals surface area (Å²) in [5, 5.41) is 19.0. The summed E-state index contributed by atoms with van der Waals surface area (Å²) in [7, 11) is 0. The molecular formula is C22H26N6O. The third kappa shape index (κ3) is 3.29. The summed E-state index contributed by atoms with van der Waals surface area (Å²) >= 11 is 0. The number of carbonyl (C=O) groups excluding carboxylic acids is 1. The number of para-hydroxylation sites is 1. The lowest BCUT2D eigenvalue weighted by Gasteiger charge is -2.35. The predicted molar refractivity (Wildman–Crippen MR) is 110 cm³/mol. The van der Waals surface area contributed by atoms with Crippen molar-refractivity contribution in [3.8, 4) is 6.07 Å². The third-order valence-electron chi connectivity index (χ3n) is 5.80. The zero-order valence-electron chi connectivity index (χ0n) is 17.4. The highest BCUT2D eigenvalue weighted by atomic mass is 16.2. The smallest absolute Gasteiger partial charge is 0.243 e. The number of nitrogens with zero attached hydrogens (tertiary/aromatic N) is 6. The van der Waals surface area contributed by atoms with E-state index in [0.717, 1.165) is 34.7 Å². The second-order valence-electron chi connectivity index (χ2n) is 8.27. The van der Waals surface area contributed by atoms with E-state index in [1.54, 1.807) is 0 Å². The standard InChI is InChI=1S/C22H26N6O/c1-14(2)9-17-11-26(12-21-25-24-16(4)28(17)21)22(29)13-27-15(3)19(10-23)18-7-5-6-8-20(18)27/h5-8,14,17H,9,11-13H2,1-4H3/t17-/m0/s1. The molecule has 150 valence electrons. The molecule has 2 aromatic heterocycles. The fourth-order valence-electron chi connectivity index (χ4n) is 4.49. The molecule has 1 aliphatic rings. The van der Waals surface area contributed by atoms with Gasteiger partial charge in [-0.05, 0) is 32.3 Å². The van der Waals surface area contributed by atoms with Crippen LogP contribution in [0.5, 0.6) is 0 Å². The summed E-state index contributed by atoms with van der Waals surface area (Å²) in [5.74, 6) is 2.31. The molecule has 4 rings (SSSR count). The van der Waals surface area contributed by atoms with Crippen LogP contribution in [0.3, 0.4) is 0 Å². The molecule has 1 aliphatic heterocycles. The zero-order chi connectivity index (χ0) is 20.7. The van der Waals surface area contributed by atoms with Crippen molar-refractivity contribution < 1.29 is 4.79 Å². The van der Waals surface area contributed by atoms with Crippen LogP contribution in [0.4, 0.5) is 0 Å². The summed E-state index contributed by atoms with van der Waals surface area (Å²) in [4.78, 5) is 15.2. The molecule has 1 aromatic carbocycles. The molecule has 3 aromatic rings. The van der Waals surface area contributed by atoms with E-state index in [-0.39, 0.29) is 18.5 Å². The van der Waals surface area contributed by atoms with Gasteiger partial charge in [-0.2, -0.15) is 5.26 Å². The van der Waals surface area contributed by atoms with Crippen molar-refractivity contribution in [1.29, 1.82) is 5.26 Å². The molecule has 0 aliphatic carbocycles. The van der Waals surface area contributed by atoms with Gasteiger partial charge in [-0.3, -0.25) is 4.79 Å². The van der Waals surface area contributed by atoms with Crippen LogP contribution in [0, 0.1) is 31.1 Å². The summed E-state index contributed by atoms with van der Waals surface area (Å²) in [6, 6.07) is 10.2. The highest BCUT2D eigenvalue weighted by Gasteiger charge is 2.31. The molecule has 7 nitrogen and oxygen atoms in total. The van der Waals surface area contributed by atoms with Crippen molar-refractivity contribution in [2.45, 2.75) is 53.2 Å². The van der Waals surface area contributed by atoms with Crippen LogP contribution in [0.25, 0.3) is 10.9 Å². The first kappa shape index (κ1) is 19.2. The van der Waals surface area contributed by atoms with Gasteiger partial charge >= 0.3 is 0 Å². The van der Waals surface area contributed by atoms with Crippen LogP contribution in [0.15, 0.2) is 24.3 Å². The van der Waals surface area contributed by atoms with Crippen LogP contribution in [-0.2, 0) is 17.9 Å². The molecule has 0 fully saturated rings. The minimum Gasteiger partial charge on any atom is -0.334 e. The lowest BCUT2D eigenvalue weighted by molar-refractivity contribution is -0.134. The van der Waals surface area contributed by atoms with E-state index in [9.17, 15) is 10.1 Å². The summed E-state index contributed by atoms with van der Waals surface area (Å²) < 4.78 is 4.14. The second-order valence-corrected chi connectivity index (χ2v) is 8.27. The summed E-state index contributed by atoms with van der Waals surface area (Å²) in [5.41, 5.74) is 2.39. The number of aromatic nitrogens is 4. The first-order valence-corrected chi connectivity index (χ1v) is 10.1. The lowest BCUT2D eigenvalue weighted by atomic mass is 10.0. The first-order chi connectivity index (χ1) is 13.9. The normalized spacial score (nSPS) is 16.3. The van der Waals surface area contributed by atoms with Crippen LogP contribution in [0.1, 0.15) is 49.2 Å². The SMILES string of the molecule is Cc1nnc2n1[C@@H](CC(C)C)CN(C(=O)Cn1c(C)c(C#N)c3ccccc31)C2. The van der Waals surface area contributed by atoms with Gasteiger partial charge in [0.2, 0.25) is 5.91 Å². The molecule has 7 heteroatoms. The Morgan fingerprint density at radius 1 is 1.28 bits per heavy atom. The van der Waals surface area contributed by atoms with E-state index in [1.165, 1.54) is 0 Å². The summed E-state index contributed by atoms with van der Waals surface area (Å²) in [6.45, 7) is 9.61. The van der Waals surface area contributed by atoms with Crippen molar-refractivity contribution in [3.63, 3.8) is 0 Å². The van der Waals surface area contributed by atoms with Crippen molar-refractivity contribution in [3.05, 3.63) is 47.2 Å². The van der Waals surface area contributed by atoms with Crippen LogP contribution in [0.2, 0.25) is 0 Å². The largest absolute Gasteiger partial charge is 0.334 e. The van der Waals surface area contributed by atoms with Gasteiger partial charge in [0.1, 0.15) is 18.4 Å². The third-order valence-corrected chi connectivity index (χ3v) is 5.80. The van der Waals surface area contributed by atoms with Gasteiger partial charge in [0, 0.05) is 17.6 Å². The Morgan fingerprint density at radius 2 is 2.03 bits per heavy atom. The van der Waals surface area contributed by atoms with E-state index in [2.05, 4.69) is 34.7 Å². The Hall–Kier alpha value is -3.14. The fourth-order valence-corrected chi connectivity index (χ4v) is 4.49. The van der Waals surface area contributed by atoms with Gasteiger partial charge in [-0.15, -0.1) is 10.2 Å². The molecule has 0 radical (unpaired) electrons.